The van der Waals surface area contributed by atoms with Crippen LogP contribution < -0.4 is 5.32 Å². The standard InChI is InChI=1S/C12H24N2/c1-11-5-8-14(10-11)9-6-12-4-2-3-7-13-12/h11-13H,2-10H2,1H3. The Balaban J connectivity index is 1.61. The van der Waals surface area contributed by atoms with E-state index >= 15 is 0 Å². The monoisotopic (exact) mass is 196 g/mol. The summed E-state index contributed by atoms with van der Waals surface area (Å²) in [7, 11) is 0. The summed E-state index contributed by atoms with van der Waals surface area (Å²) < 4.78 is 0. The van der Waals surface area contributed by atoms with Crippen LogP contribution in [0.5, 0.6) is 0 Å². The lowest BCUT2D eigenvalue weighted by Crippen LogP contribution is -2.37. The molecule has 0 aromatic rings. The molecule has 2 atom stereocenters. The number of hydrogen-bond donors (Lipinski definition) is 1. The first-order chi connectivity index (χ1) is 6.84. The molecular weight excluding hydrogens is 172 g/mol. The number of hydrogen-bond acceptors (Lipinski definition) is 2. The van der Waals surface area contributed by atoms with Crippen molar-refractivity contribution in [2.45, 2.75) is 45.1 Å². The largest absolute Gasteiger partial charge is 0.314 e. The minimum atomic E-state index is 0.819. The van der Waals surface area contributed by atoms with E-state index in [0.29, 0.717) is 0 Å². The fourth-order valence-corrected chi connectivity index (χ4v) is 2.74. The Labute approximate surface area is 88.1 Å². The summed E-state index contributed by atoms with van der Waals surface area (Å²) in [5.41, 5.74) is 0. The third-order valence-corrected chi connectivity index (χ3v) is 3.71. The number of rotatable bonds is 3. The van der Waals surface area contributed by atoms with Crippen LogP contribution in [0.15, 0.2) is 0 Å². The maximum absolute atomic E-state index is 3.63. The minimum Gasteiger partial charge on any atom is -0.314 e. The van der Waals surface area contributed by atoms with Crippen LogP contribution >= 0.6 is 0 Å². The van der Waals surface area contributed by atoms with Gasteiger partial charge in [-0.1, -0.05) is 13.3 Å². The molecule has 2 unspecified atom stereocenters. The molecule has 2 nitrogen and oxygen atoms in total. The molecule has 2 rings (SSSR count). The third kappa shape index (κ3) is 2.96. The highest BCUT2D eigenvalue weighted by Gasteiger charge is 2.20. The predicted octanol–water partition coefficient (Wildman–Crippen LogP) is 1.86. The Morgan fingerprint density at radius 1 is 1.29 bits per heavy atom. The van der Waals surface area contributed by atoms with Crippen LogP contribution in [0.2, 0.25) is 0 Å². The van der Waals surface area contributed by atoms with Crippen molar-refractivity contribution in [2.24, 2.45) is 5.92 Å². The zero-order valence-corrected chi connectivity index (χ0v) is 9.47. The molecule has 14 heavy (non-hydrogen) atoms. The molecule has 0 radical (unpaired) electrons. The van der Waals surface area contributed by atoms with Gasteiger partial charge in [0.05, 0.1) is 0 Å². The van der Waals surface area contributed by atoms with E-state index < -0.39 is 0 Å². The van der Waals surface area contributed by atoms with Gasteiger partial charge in [0.1, 0.15) is 0 Å². The van der Waals surface area contributed by atoms with Crippen molar-refractivity contribution in [3.8, 4) is 0 Å². The first-order valence-corrected chi connectivity index (χ1v) is 6.30. The second kappa shape index (κ2) is 5.13. The van der Waals surface area contributed by atoms with Crippen molar-refractivity contribution in [3.05, 3.63) is 0 Å². The molecule has 82 valence electrons. The van der Waals surface area contributed by atoms with E-state index in [1.807, 2.05) is 0 Å². The van der Waals surface area contributed by atoms with Crippen molar-refractivity contribution in [3.63, 3.8) is 0 Å². The average molecular weight is 196 g/mol. The fraction of sp³-hybridized carbons (Fsp3) is 1.00. The van der Waals surface area contributed by atoms with Crippen LogP contribution in [0.25, 0.3) is 0 Å². The van der Waals surface area contributed by atoms with Crippen LogP contribution in [0.1, 0.15) is 39.0 Å². The molecular formula is C12H24N2. The van der Waals surface area contributed by atoms with E-state index in [4.69, 9.17) is 0 Å². The maximum Gasteiger partial charge on any atom is 0.00792 e. The molecule has 2 fully saturated rings. The maximum atomic E-state index is 3.63. The summed E-state index contributed by atoms with van der Waals surface area (Å²) in [6.45, 7) is 7.63. The first-order valence-electron chi connectivity index (χ1n) is 6.30. The second-order valence-electron chi connectivity index (χ2n) is 5.13. The van der Waals surface area contributed by atoms with Crippen LogP contribution in [0.4, 0.5) is 0 Å². The fourth-order valence-electron chi connectivity index (χ4n) is 2.74. The van der Waals surface area contributed by atoms with Crippen LogP contribution in [-0.4, -0.2) is 37.1 Å². The first kappa shape index (κ1) is 10.4. The van der Waals surface area contributed by atoms with Gasteiger partial charge in [-0.3, -0.25) is 0 Å². The average Bonchev–Trinajstić information content (AvgIpc) is 2.63. The number of nitrogens with one attached hydrogen (secondary N) is 1. The number of piperidine rings is 1. The lowest BCUT2D eigenvalue weighted by molar-refractivity contribution is 0.283. The van der Waals surface area contributed by atoms with Crippen molar-refractivity contribution < 1.29 is 0 Å². The summed E-state index contributed by atoms with van der Waals surface area (Å²) in [5.74, 6) is 0.939. The second-order valence-corrected chi connectivity index (χ2v) is 5.13. The van der Waals surface area contributed by atoms with E-state index in [1.54, 1.807) is 0 Å². The van der Waals surface area contributed by atoms with Gasteiger partial charge >= 0.3 is 0 Å². The topological polar surface area (TPSA) is 15.3 Å². The third-order valence-electron chi connectivity index (χ3n) is 3.71. The smallest absolute Gasteiger partial charge is 0.00792 e. The molecule has 2 heterocycles. The molecule has 0 aliphatic carbocycles. The molecule has 0 bridgehead atoms. The van der Waals surface area contributed by atoms with Crippen LogP contribution in [0, 0.1) is 5.92 Å². The van der Waals surface area contributed by atoms with E-state index in [-0.39, 0.29) is 0 Å². The van der Waals surface area contributed by atoms with E-state index in [2.05, 4.69) is 17.1 Å². The Hall–Kier alpha value is -0.0800. The summed E-state index contributed by atoms with van der Waals surface area (Å²) >= 11 is 0. The van der Waals surface area contributed by atoms with E-state index in [9.17, 15) is 0 Å². The van der Waals surface area contributed by atoms with Gasteiger partial charge in [0.2, 0.25) is 0 Å². The molecule has 0 spiro atoms. The van der Waals surface area contributed by atoms with Gasteiger partial charge in [-0.05, 0) is 51.2 Å². The number of likely N-dealkylation sites (tertiary alicyclic amines) is 1. The highest BCUT2D eigenvalue weighted by atomic mass is 15.1. The molecule has 0 saturated carbocycles. The Kier molecular flexibility index (Phi) is 3.82. The lowest BCUT2D eigenvalue weighted by atomic mass is 10.0. The van der Waals surface area contributed by atoms with Crippen molar-refractivity contribution in [1.82, 2.24) is 10.2 Å². The van der Waals surface area contributed by atoms with Crippen LogP contribution in [0.3, 0.4) is 0 Å². The molecule has 0 amide bonds. The Morgan fingerprint density at radius 2 is 2.21 bits per heavy atom. The summed E-state index contributed by atoms with van der Waals surface area (Å²) in [6.07, 6.45) is 7.01. The quantitative estimate of drug-likeness (QED) is 0.741. The van der Waals surface area contributed by atoms with Crippen molar-refractivity contribution in [2.75, 3.05) is 26.2 Å². The van der Waals surface area contributed by atoms with E-state index in [1.165, 1.54) is 58.3 Å². The molecule has 2 aliphatic rings. The van der Waals surface area contributed by atoms with Gasteiger partial charge in [0, 0.05) is 12.6 Å². The Morgan fingerprint density at radius 3 is 2.86 bits per heavy atom. The molecule has 2 aliphatic heterocycles. The van der Waals surface area contributed by atoms with Crippen molar-refractivity contribution in [1.29, 1.82) is 0 Å². The van der Waals surface area contributed by atoms with Crippen molar-refractivity contribution >= 4 is 0 Å². The normalized spacial score (nSPS) is 34.9. The summed E-state index contributed by atoms with van der Waals surface area (Å²) in [4.78, 5) is 2.64. The Bertz CT molecular complexity index is 159. The highest BCUT2D eigenvalue weighted by molar-refractivity contribution is 4.77. The number of nitrogens with zero attached hydrogens (tertiary/aromatic N) is 1. The lowest BCUT2D eigenvalue weighted by Gasteiger charge is -2.25. The minimum absolute atomic E-state index is 0.819. The molecule has 1 N–H and O–H groups in total. The van der Waals surface area contributed by atoms with Gasteiger partial charge in [-0.25, -0.2) is 0 Å². The van der Waals surface area contributed by atoms with Gasteiger partial charge < -0.3 is 10.2 Å². The van der Waals surface area contributed by atoms with Gasteiger partial charge in [-0.2, -0.15) is 0 Å². The van der Waals surface area contributed by atoms with E-state index in [0.717, 1.165) is 12.0 Å². The SMILES string of the molecule is CC1CCN(CCC2CCCCN2)C1. The zero-order chi connectivity index (χ0) is 9.80. The van der Waals surface area contributed by atoms with Crippen LogP contribution in [-0.2, 0) is 0 Å². The molecule has 2 heteroatoms. The van der Waals surface area contributed by atoms with Gasteiger partial charge in [0.15, 0.2) is 0 Å². The summed E-state index contributed by atoms with van der Waals surface area (Å²) in [6, 6.07) is 0.819. The predicted molar refractivity (Wildman–Crippen MR) is 60.5 cm³/mol. The molecule has 0 aromatic heterocycles. The van der Waals surface area contributed by atoms with Gasteiger partial charge in [-0.15, -0.1) is 0 Å². The highest BCUT2D eigenvalue weighted by Crippen LogP contribution is 2.17. The molecule has 0 aromatic carbocycles. The molecule has 2 saturated heterocycles. The zero-order valence-electron chi connectivity index (χ0n) is 9.47. The van der Waals surface area contributed by atoms with Gasteiger partial charge in [0.25, 0.3) is 0 Å². The summed E-state index contributed by atoms with van der Waals surface area (Å²) in [5, 5.41) is 3.63.